The normalized spacial score (nSPS) is 27.3. The van der Waals surface area contributed by atoms with Crippen molar-refractivity contribution in [1.82, 2.24) is 0 Å². The monoisotopic (exact) mass is 331 g/mol. The molecule has 3 atom stereocenters. The average Bonchev–Trinajstić information content (AvgIpc) is 2.57. The van der Waals surface area contributed by atoms with Gasteiger partial charge in [0.1, 0.15) is 11.4 Å². The van der Waals surface area contributed by atoms with E-state index in [1.807, 2.05) is 55.3 Å². The molecule has 0 fully saturated rings. The second-order valence-electron chi connectivity index (χ2n) is 5.79. The molecule has 0 aliphatic carbocycles. The number of halogens is 2. The lowest BCUT2D eigenvalue weighted by Gasteiger charge is -2.49. The fraction of sp³-hybridized carbons (Fsp3) is 0.263. The highest BCUT2D eigenvalue weighted by Crippen LogP contribution is 2.52. The molecular formula is C19H19ClFNO. The third-order valence-electron chi connectivity index (χ3n) is 4.54. The Morgan fingerprint density at radius 1 is 1.17 bits per heavy atom. The van der Waals surface area contributed by atoms with E-state index >= 15 is 0 Å². The van der Waals surface area contributed by atoms with Crippen molar-refractivity contribution < 1.29 is 9.50 Å². The summed E-state index contributed by atoms with van der Waals surface area (Å²) >= 11 is 6.65. The van der Waals surface area contributed by atoms with E-state index in [2.05, 4.69) is 0 Å². The van der Waals surface area contributed by atoms with E-state index in [9.17, 15) is 9.50 Å². The van der Waals surface area contributed by atoms with Gasteiger partial charge in [-0.15, -0.1) is 11.6 Å². The van der Waals surface area contributed by atoms with Gasteiger partial charge in [-0.05, 0) is 31.5 Å². The molecule has 1 N–H and O–H groups in total. The number of fused-ring (bicyclic) bond motifs is 1. The summed E-state index contributed by atoms with van der Waals surface area (Å²) in [5.41, 5.74) is 0.396. The van der Waals surface area contributed by atoms with Gasteiger partial charge >= 0.3 is 0 Å². The predicted molar refractivity (Wildman–Crippen MR) is 92.1 cm³/mol. The largest absolute Gasteiger partial charge is 0.381 e. The van der Waals surface area contributed by atoms with Gasteiger partial charge in [0, 0.05) is 17.5 Å². The second-order valence-corrected chi connectivity index (χ2v) is 6.23. The molecule has 23 heavy (non-hydrogen) atoms. The van der Waals surface area contributed by atoms with E-state index in [1.54, 1.807) is 18.2 Å². The van der Waals surface area contributed by atoms with Gasteiger partial charge in [0.25, 0.3) is 0 Å². The summed E-state index contributed by atoms with van der Waals surface area (Å²) in [6.45, 7) is 3.77. The maximum Gasteiger partial charge on any atom is 0.133 e. The molecule has 1 aliphatic heterocycles. The summed E-state index contributed by atoms with van der Waals surface area (Å²) in [7, 11) is 0. The Hall–Kier alpha value is -1.84. The fourth-order valence-corrected chi connectivity index (χ4v) is 3.81. The van der Waals surface area contributed by atoms with Gasteiger partial charge in [-0.25, -0.2) is 4.39 Å². The molecule has 0 amide bonds. The van der Waals surface area contributed by atoms with Gasteiger partial charge in [-0.3, -0.25) is 0 Å². The van der Waals surface area contributed by atoms with Crippen molar-refractivity contribution in [3.05, 3.63) is 77.8 Å². The number of alkyl halides is 1. The molecule has 2 aromatic rings. The van der Waals surface area contributed by atoms with Crippen LogP contribution in [0.1, 0.15) is 30.4 Å². The molecule has 120 valence electrons. The zero-order valence-electron chi connectivity index (χ0n) is 13.1. The standard InChI is InChI=1S/C19H19ClFNO/c1-3-12-22-13(2)19(23,15-9-5-6-10-16(15)21)18(20)14-8-4-7-11-17(14)22/h3-13,18,23H,1-2H3. The van der Waals surface area contributed by atoms with Crippen LogP contribution >= 0.6 is 11.6 Å². The Bertz CT molecular complexity index is 748. The van der Waals surface area contributed by atoms with Crippen molar-refractivity contribution in [3.8, 4) is 0 Å². The third-order valence-corrected chi connectivity index (χ3v) is 5.11. The zero-order valence-corrected chi connectivity index (χ0v) is 13.8. The zero-order chi connectivity index (χ0) is 16.6. The van der Waals surface area contributed by atoms with Crippen molar-refractivity contribution in [3.63, 3.8) is 0 Å². The molecule has 2 nitrogen and oxygen atoms in total. The van der Waals surface area contributed by atoms with Crippen molar-refractivity contribution in [2.45, 2.75) is 30.9 Å². The summed E-state index contributed by atoms with van der Waals surface area (Å²) in [5.74, 6) is -0.452. The smallest absolute Gasteiger partial charge is 0.133 e. The van der Waals surface area contributed by atoms with Crippen LogP contribution in [0, 0.1) is 5.82 Å². The van der Waals surface area contributed by atoms with Crippen LogP contribution in [-0.4, -0.2) is 11.1 Å². The minimum Gasteiger partial charge on any atom is -0.381 e. The van der Waals surface area contributed by atoms with Crippen LogP contribution < -0.4 is 4.90 Å². The molecule has 0 spiro atoms. The van der Waals surface area contributed by atoms with Crippen molar-refractivity contribution in [2.75, 3.05) is 4.90 Å². The summed E-state index contributed by atoms with van der Waals surface area (Å²) in [6.07, 6.45) is 3.78. The predicted octanol–water partition coefficient (Wildman–Crippen LogP) is 4.74. The van der Waals surface area contributed by atoms with E-state index in [0.29, 0.717) is 0 Å². The van der Waals surface area contributed by atoms with Crippen LogP contribution in [0.2, 0.25) is 0 Å². The van der Waals surface area contributed by atoms with Gasteiger partial charge < -0.3 is 10.0 Å². The molecule has 1 heterocycles. The van der Waals surface area contributed by atoms with Gasteiger partial charge in [-0.1, -0.05) is 42.5 Å². The first-order valence-electron chi connectivity index (χ1n) is 7.63. The van der Waals surface area contributed by atoms with Gasteiger partial charge in [-0.2, -0.15) is 0 Å². The number of rotatable bonds is 2. The molecule has 0 radical (unpaired) electrons. The van der Waals surface area contributed by atoms with E-state index in [4.69, 9.17) is 11.6 Å². The Morgan fingerprint density at radius 3 is 2.52 bits per heavy atom. The van der Waals surface area contributed by atoms with Crippen molar-refractivity contribution in [1.29, 1.82) is 0 Å². The highest BCUT2D eigenvalue weighted by atomic mass is 35.5. The quantitative estimate of drug-likeness (QED) is 0.804. The molecule has 0 saturated heterocycles. The Kier molecular flexibility index (Phi) is 4.17. The summed E-state index contributed by atoms with van der Waals surface area (Å²) in [6, 6.07) is 13.5. The maximum atomic E-state index is 14.4. The molecule has 1 aliphatic rings. The first-order valence-corrected chi connectivity index (χ1v) is 8.07. The Balaban J connectivity index is 2.25. The molecule has 0 saturated carbocycles. The summed E-state index contributed by atoms with van der Waals surface area (Å²) < 4.78 is 14.4. The molecule has 0 aromatic heterocycles. The fourth-order valence-electron chi connectivity index (χ4n) is 3.32. The lowest BCUT2D eigenvalue weighted by molar-refractivity contribution is 0.00187. The van der Waals surface area contributed by atoms with Crippen LogP contribution in [0.4, 0.5) is 10.1 Å². The minimum absolute atomic E-state index is 0.219. The molecule has 3 rings (SSSR count). The molecule has 3 unspecified atom stereocenters. The molecule has 2 aromatic carbocycles. The number of aliphatic hydroxyl groups is 1. The molecule has 0 bridgehead atoms. The van der Waals surface area contributed by atoms with Gasteiger partial charge in [0.2, 0.25) is 0 Å². The minimum atomic E-state index is -1.54. The number of nitrogens with zero attached hydrogens (tertiary/aromatic N) is 1. The topological polar surface area (TPSA) is 23.5 Å². The molecular weight excluding hydrogens is 313 g/mol. The van der Waals surface area contributed by atoms with Gasteiger partial charge in [0.15, 0.2) is 0 Å². The SMILES string of the molecule is CC=CN1c2ccccc2C(Cl)C(O)(c2ccccc2F)C1C. The number of hydrogen-bond acceptors (Lipinski definition) is 2. The highest BCUT2D eigenvalue weighted by Gasteiger charge is 2.51. The lowest BCUT2D eigenvalue weighted by Crippen LogP contribution is -2.53. The maximum absolute atomic E-state index is 14.4. The number of hydrogen-bond donors (Lipinski definition) is 1. The number of benzene rings is 2. The lowest BCUT2D eigenvalue weighted by atomic mass is 9.76. The van der Waals surface area contributed by atoms with Crippen LogP contribution in [0.3, 0.4) is 0 Å². The van der Waals surface area contributed by atoms with E-state index in [-0.39, 0.29) is 5.56 Å². The average molecular weight is 332 g/mol. The van der Waals surface area contributed by atoms with Gasteiger partial charge in [0.05, 0.1) is 11.4 Å². The van der Waals surface area contributed by atoms with Crippen LogP contribution in [-0.2, 0) is 5.60 Å². The first kappa shape index (κ1) is 16.0. The Morgan fingerprint density at radius 2 is 1.83 bits per heavy atom. The van der Waals surface area contributed by atoms with E-state index < -0.39 is 22.8 Å². The van der Waals surface area contributed by atoms with E-state index in [1.165, 1.54) is 6.07 Å². The van der Waals surface area contributed by atoms with E-state index in [0.717, 1.165) is 11.3 Å². The third kappa shape index (κ3) is 2.35. The van der Waals surface area contributed by atoms with Crippen molar-refractivity contribution >= 4 is 17.3 Å². The first-order chi connectivity index (χ1) is 11.0. The second kappa shape index (κ2) is 5.99. The van der Waals surface area contributed by atoms with Crippen LogP contribution in [0.5, 0.6) is 0 Å². The number of para-hydroxylation sites is 1. The number of anilines is 1. The Labute approximate surface area is 140 Å². The highest BCUT2D eigenvalue weighted by molar-refractivity contribution is 6.22. The van der Waals surface area contributed by atoms with Crippen LogP contribution in [0.25, 0.3) is 0 Å². The summed E-state index contributed by atoms with van der Waals surface area (Å²) in [4.78, 5) is 1.95. The number of allylic oxidation sites excluding steroid dienone is 1. The molecule has 4 heteroatoms. The van der Waals surface area contributed by atoms with Crippen LogP contribution in [0.15, 0.2) is 60.8 Å². The summed E-state index contributed by atoms with van der Waals surface area (Å²) in [5, 5.41) is 10.7. The van der Waals surface area contributed by atoms with Crippen molar-refractivity contribution in [2.24, 2.45) is 0 Å².